The third kappa shape index (κ3) is 40.3. The van der Waals surface area contributed by atoms with Crippen molar-refractivity contribution in [2.45, 2.75) is 358 Å². The number of allylic oxidation sites excluding steroid dienone is 1. The van der Waals surface area contributed by atoms with Gasteiger partial charge in [-0.05, 0) is 44.6 Å². The zero-order valence-corrected chi connectivity index (χ0v) is 56.5. The highest BCUT2D eigenvalue weighted by molar-refractivity contribution is 7.46. The zero-order chi connectivity index (χ0) is 63.8. The molecule has 2 aliphatic rings. The maximum Gasteiger partial charge on any atom is 0.472 e. The summed E-state index contributed by atoms with van der Waals surface area (Å²) in [5, 5.41) is 25.6. The van der Waals surface area contributed by atoms with Crippen LogP contribution in [-0.4, -0.2) is 142 Å². The SMILES string of the molecule is CCCCCCCCCCCCCCCCC=CO[C@H]1[C@H](OC[C@H]2O[C@H](OP(=O)(O)O)[C@H](NC(=O)CC(=O)CCCCCCCCCCC)[C@@H](OCCCCCCCCCC)[C@@H]2O)O[C@H](CO)[C@@H](OP(=O)(O)O)[C@@H]1OCC[C@@H](CCCCCCC)OC. The van der Waals surface area contributed by atoms with Crippen molar-refractivity contribution in [1.82, 2.24) is 5.32 Å². The molecule has 2 rings (SSSR count). The van der Waals surface area contributed by atoms with Gasteiger partial charge in [0.1, 0.15) is 48.4 Å². The van der Waals surface area contributed by atoms with Crippen LogP contribution in [0.2, 0.25) is 0 Å². The number of methoxy groups -OCH3 is 1. The van der Waals surface area contributed by atoms with Crippen LogP contribution < -0.4 is 5.32 Å². The molecule has 0 unspecified atom stereocenters. The lowest BCUT2D eigenvalue weighted by atomic mass is 9.96. The first-order chi connectivity index (χ1) is 42.0. The number of phosphoric ester groups is 2. The summed E-state index contributed by atoms with van der Waals surface area (Å²) in [7, 11) is -9.01. The molecule has 7 N–H and O–H groups in total. The van der Waals surface area contributed by atoms with E-state index >= 15 is 0 Å². The quantitative estimate of drug-likeness (QED) is 0.0129. The van der Waals surface area contributed by atoms with Crippen molar-refractivity contribution in [3.8, 4) is 0 Å². The Hall–Kier alpha value is -1.42. The van der Waals surface area contributed by atoms with Crippen molar-refractivity contribution in [1.29, 1.82) is 0 Å². The normalized spacial score (nSPS) is 23.2. The molecule has 0 aliphatic carbocycles. The molecule has 20 nitrogen and oxygen atoms in total. The first kappa shape index (κ1) is 81.7. The molecule has 11 atom stereocenters. The summed E-state index contributed by atoms with van der Waals surface area (Å²) in [5.41, 5.74) is 0. The van der Waals surface area contributed by atoms with E-state index in [2.05, 4.69) is 33.0 Å². The van der Waals surface area contributed by atoms with Crippen molar-refractivity contribution in [3.05, 3.63) is 12.3 Å². The molecule has 514 valence electrons. The average Bonchev–Trinajstić information content (AvgIpc) is 1.31. The molecule has 0 aromatic carbocycles. The molecule has 0 bridgehead atoms. The summed E-state index contributed by atoms with van der Waals surface area (Å²) in [6, 6.07) is -1.51. The second-order valence-corrected chi connectivity index (χ2v) is 26.9. The molecule has 0 radical (unpaired) electrons. The number of aliphatic hydroxyl groups excluding tert-OH is 2. The van der Waals surface area contributed by atoms with E-state index in [4.69, 9.17) is 42.2 Å². The van der Waals surface area contributed by atoms with Gasteiger partial charge < -0.3 is 68.3 Å². The fourth-order valence-corrected chi connectivity index (χ4v) is 12.6. The fraction of sp³-hybridized carbons (Fsp3) is 0.938. The predicted molar refractivity (Wildman–Crippen MR) is 340 cm³/mol. The molecule has 22 heteroatoms. The third-order valence-corrected chi connectivity index (χ3v) is 17.7. The van der Waals surface area contributed by atoms with Crippen molar-refractivity contribution in [2.75, 3.05) is 33.5 Å². The van der Waals surface area contributed by atoms with Gasteiger partial charge >= 0.3 is 15.6 Å². The Kier molecular flexibility index (Phi) is 48.8. The van der Waals surface area contributed by atoms with Crippen LogP contribution in [0.1, 0.15) is 291 Å². The van der Waals surface area contributed by atoms with Crippen LogP contribution in [0.5, 0.6) is 0 Å². The van der Waals surface area contributed by atoms with Crippen molar-refractivity contribution >= 4 is 27.3 Å². The summed E-state index contributed by atoms with van der Waals surface area (Å²) in [4.78, 5) is 67.6. The minimum atomic E-state index is -5.37. The van der Waals surface area contributed by atoms with E-state index in [1.807, 2.05) is 6.08 Å². The summed E-state index contributed by atoms with van der Waals surface area (Å²) in [6.45, 7) is 7.45. The highest BCUT2D eigenvalue weighted by atomic mass is 31.2. The fourth-order valence-electron chi connectivity index (χ4n) is 11.6. The number of nitrogens with one attached hydrogen (secondary N) is 1. The second-order valence-electron chi connectivity index (χ2n) is 24.5. The maximum absolute atomic E-state index is 13.7. The van der Waals surface area contributed by atoms with Gasteiger partial charge in [0.2, 0.25) is 5.91 Å². The van der Waals surface area contributed by atoms with Gasteiger partial charge in [-0.15, -0.1) is 0 Å². The number of carbonyl (C=O) groups is 2. The largest absolute Gasteiger partial charge is 0.490 e. The molecule has 2 aliphatic heterocycles. The van der Waals surface area contributed by atoms with Crippen molar-refractivity contribution in [2.24, 2.45) is 0 Å². The first-order valence-electron chi connectivity index (χ1n) is 34.6. The van der Waals surface area contributed by atoms with E-state index in [0.717, 1.165) is 128 Å². The highest BCUT2D eigenvalue weighted by Crippen LogP contribution is 2.44. The number of rotatable bonds is 59. The summed E-state index contributed by atoms with van der Waals surface area (Å²) >= 11 is 0. The number of hydrogen-bond acceptors (Lipinski definition) is 15. The lowest BCUT2D eigenvalue weighted by molar-refractivity contribution is -0.321. The second kappa shape index (κ2) is 52.0. The van der Waals surface area contributed by atoms with Gasteiger partial charge in [0, 0.05) is 26.7 Å². The molecule has 2 saturated heterocycles. The Morgan fingerprint density at radius 1 is 0.517 bits per heavy atom. The Labute approximate surface area is 525 Å². The number of ketones is 1. The molecule has 1 amide bonds. The number of ether oxygens (including phenoxy) is 7. The molecule has 0 saturated carbocycles. The molecular weight excluding hydrogens is 1160 g/mol. The van der Waals surface area contributed by atoms with E-state index in [-0.39, 0.29) is 31.5 Å². The minimum Gasteiger partial charge on any atom is -0.490 e. The molecule has 2 heterocycles. The number of amides is 1. The van der Waals surface area contributed by atoms with E-state index in [9.17, 15) is 48.5 Å². The number of unbranched alkanes of at least 4 members (excludes halogenated alkanes) is 33. The Morgan fingerprint density at radius 3 is 1.47 bits per heavy atom. The van der Waals surface area contributed by atoms with Gasteiger partial charge in [-0.1, -0.05) is 240 Å². The lowest BCUT2D eigenvalue weighted by Gasteiger charge is -2.46. The maximum atomic E-state index is 13.7. The smallest absolute Gasteiger partial charge is 0.472 e. The van der Waals surface area contributed by atoms with Gasteiger partial charge in [-0.2, -0.15) is 0 Å². The van der Waals surface area contributed by atoms with Gasteiger partial charge in [0.25, 0.3) is 0 Å². The van der Waals surface area contributed by atoms with E-state index in [1.54, 1.807) is 7.11 Å². The molecule has 0 aromatic heterocycles. The summed E-state index contributed by atoms with van der Waals surface area (Å²) in [6.07, 6.45) is 30.7. The van der Waals surface area contributed by atoms with Gasteiger partial charge in [-0.3, -0.25) is 18.6 Å². The first-order valence-corrected chi connectivity index (χ1v) is 37.6. The Morgan fingerprint density at radius 2 is 0.977 bits per heavy atom. The number of Topliss-reactive ketones (excluding diaryl/α,β-unsaturated/α-hetero) is 1. The molecule has 0 spiro atoms. The number of carbonyl (C=O) groups excluding carboxylic acids is 2. The van der Waals surface area contributed by atoms with Gasteiger partial charge in [0.15, 0.2) is 18.7 Å². The van der Waals surface area contributed by atoms with Crippen LogP contribution in [0.25, 0.3) is 0 Å². The van der Waals surface area contributed by atoms with Gasteiger partial charge in [0.05, 0.1) is 32.0 Å². The molecule has 0 aromatic rings. The zero-order valence-electron chi connectivity index (χ0n) is 54.7. The number of phosphoric acid groups is 2. The third-order valence-electron chi connectivity index (χ3n) is 16.7. The van der Waals surface area contributed by atoms with E-state index < -0.39 is 103 Å². The molecule has 87 heavy (non-hydrogen) atoms. The number of aliphatic hydroxyl groups is 2. The lowest BCUT2D eigenvalue weighted by Crippen LogP contribution is -2.66. The van der Waals surface area contributed by atoms with Crippen LogP contribution >= 0.6 is 15.6 Å². The predicted octanol–water partition coefficient (Wildman–Crippen LogP) is 14.2. The summed E-state index contributed by atoms with van der Waals surface area (Å²) in [5.74, 6) is -1.08. The minimum absolute atomic E-state index is 0.0221. The van der Waals surface area contributed by atoms with Crippen molar-refractivity contribution < 1.29 is 90.7 Å². The van der Waals surface area contributed by atoms with Crippen LogP contribution in [0.3, 0.4) is 0 Å². The molecular formula is C65H125NO19P2. The average molecular weight is 1290 g/mol. The van der Waals surface area contributed by atoms with Crippen LogP contribution in [0, 0.1) is 0 Å². The Bertz CT molecular complexity index is 1790. The van der Waals surface area contributed by atoms with Crippen LogP contribution in [0.4, 0.5) is 0 Å². The highest BCUT2D eigenvalue weighted by Gasteiger charge is 2.53. The van der Waals surface area contributed by atoms with E-state index in [1.165, 1.54) is 103 Å². The van der Waals surface area contributed by atoms with Crippen LogP contribution in [-0.2, 0) is 60.9 Å². The standard InChI is InChI=1S/C65H125NO19P2/c1-6-10-14-18-21-24-25-26-27-28-29-30-32-35-39-43-48-79-63-62(80-49-46-54(77-5)45-41-36-17-13-9-4)60(84-86(71,72)73)55(51-67)82-65(63)81-52-56-59(70)61(78-47-42-38-34-23-20-16-12-8-3)58(64(83-56)85-87(74,75)76)66-57(69)50-53(68)44-40-37-33-31-22-19-15-11-7-2/h43,48,54-56,58-65,67,70H,6-42,44-47,49-52H2,1-5H3,(H,66,69)(H2,71,72,73)(H2,74,75,76)/t54-,55-,56-,58-,59-,60-,61-,62+,63-,64-,65-/m1/s1. The molecule has 2 fully saturated rings. The summed E-state index contributed by atoms with van der Waals surface area (Å²) < 4.78 is 79.4. The van der Waals surface area contributed by atoms with Crippen LogP contribution in [0.15, 0.2) is 12.3 Å². The van der Waals surface area contributed by atoms with Gasteiger partial charge in [-0.25, -0.2) is 9.13 Å². The van der Waals surface area contributed by atoms with Crippen molar-refractivity contribution in [3.63, 3.8) is 0 Å². The monoisotopic (exact) mass is 1290 g/mol. The Balaban J connectivity index is 2.40. The van der Waals surface area contributed by atoms with E-state index in [0.29, 0.717) is 25.7 Å². The number of hydrogen-bond donors (Lipinski definition) is 7. The topological polar surface area (TPSA) is 285 Å².